The van der Waals surface area contributed by atoms with Gasteiger partial charge < -0.3 is 15.5 Å². The number of aromatic nitrogens is 2. The zero-order valence-corrected chi connectivity index (χ0v) is 11.0. The largest absolute Gasteiger partial charge is 0.497 e. The molecule has 0 saturated carbocycles. The zero-order chi connectivity index (χ0) is 13.7. The van der Waals surface area contributed by atoms with Gasteiger partial charge in [-0.25, -0.2) is 15.8 Å². The van der Waals surface area contributed by atoms with Crippen LogP contribution in [0.15, 0.2) is 30.6 Å². The highest BCUT2D eigenvalue weighted by Crippen LogP contribution is 2.18. The van der Waals surface area contributed by atoms with Crippen LogP contribution in [-0.4, -0.2) is 17.1 Å². The molecule has 0 saturated heterocycles. The molecule has 1 aromatic heterocycles. The Balaban J connectivity index is 2.05. The first kappa shape index (κ1) is 13.1. The van der Waals surface area contributed by atoms with Crippen molar-refractivity contribution in [3.05, 3.63) is 41.7 Å². The number of nitrogens with two attached hydrogens (primary N) is 1. The van der Waals surface area contributed by atoms with Gasteiger partial charge in [0.1, 0.15) is 23.7 Å². The summed E-state index contributed by atoms with van der Waals surface area (Å²) in [5.41, 5.74) is 4.57. The van der Waals surface area contributed by atoms with E-state index in [-0.39, 0.29) is 0 Å². The number of rotatable bonds is 5. The van der Waals surface area contributed by atoms with Gasteiger partial charge in [-0.3, -0.25) is 0 Å². The van der Waals surface area contributed by atoms with Gasteiger partial charge in [0.25, 0.3) is 0 Å². The highest BCUT2D eigenvalue weighted by molar-refractivity contribution is 5.55. The minimum absolute atomic E-state index is 0.618. The molecule has 1 aromatic carbocycles. The summed E-state index contributed by atoms with van der Waals surface area (Å²) in [6.07, 6.45) is 1.47. The lowest BCUT2D eigenvalue weighted by Gasteiger charge is -2.11. The van der Waals surface area contributed by atoms with Crippen molar-refractivity contribution in [1.29, 1.82) is 0 Å². The van der Waals surface area contributed by atoms with Gasteiger partial charge in [-0.05, 0) is 24.6 Å². The van der Waals surface area contributed by atoms with Crippen LogP contribution in [0.2, 0.25) is 0 Å². The maximum atomic E-state index is 5.38. The third-order valence-corrected chi connectivity index (χ3v) is 2.84. The lowest BCUT2D eigenvalue weighted by Crippen LogP contribution is -2.12. The molecule has 0 bridgehead atoms. The topological polar surface area (TPSA) is 85.1 Å². The van der Waals surface area contributed by atoms with Crippen LogP contribution in [0.5, 0.6) is 5.75 Å². The van der Waals surface area contributed by atoms with Crippen molar-refractivity contribution in [2.75, 3.05) is 17.9 Å². The molecular weight excluding hydrogens is 242 g/mol. The third-order valence-electron chi connectivity index (χ3n) is 2.84. The third kappa shape index (κ3) is 3.11. The van der Waals surface area contributed by atoms with Crippen molar-refractivity contribution in [2.24, 2.45) is 5.84 Å². The summed E-state index contributed by atoms with van der Waals surface area (Å²) in [5.74, 6) is 7.60. The highest BCUT2D eigenvalue weighted by atomic mass is 16.5. The molecule has 0 aliphatic carbocycles. The number of hydrazine groups is 1. The molecule has 4 N–H and O–H groups in total. The number of hydrogen-bond donors (Lipinski definition) is 3. The summed E-state index contributed by atoms with van der Waals surface area (Å²) >= 11 is 0. The molecule has 19 heavy (non-hydrogen) atoms. The second kappa shape index (κ2) is 6.01. The minimum Gasteiger partial charge on any atom is -0.497 e. The van der Waals surface area contributed by atoms with Crippen molar-refractivity contribution in [2.45, 2.75) is 13.5 Å². The Morgan fingerprint density at radius 3 is 2.47 bits per heavy atom. The van der Waals surface area contributed by atoms with Crippen LogP contribution in [0.1, 0.15) is 11.1 Å². The quantitative estimate of drug-likeness (QED) is 0.559. The standard InChI is InChI=1S/C13H17N5O/c1-9-12(16-8-17-13(9)18-14)15-7-10-3-5-11(19-2)6-4-10/h3-6,8H,7,14H2,1-2H3,(H2,15,16,17,18). The fourth-order valence-electron chi connectivity index (χ4n) is 1.70. The predicted molar refractivity (Wildman–Crippen MR) is 74.9 cm³/mol. The smallest absolute Gasteiger partial charge is 0.148 e. The van der Waals surface area contributed by atoms with Crippen LogP contribution >= 0.6 is 0 Å². The predicted octanol–water partition coefficient (Wildman–Crippen LogP) is 1.69. The average molecular weight is 259 g/mol. The van der Waals surface area contributed by atoms with Gasteiger partial charge in [-0.1, -0.05) is 12.1 Å². The van der Waals surface area contributed by atoms with Gasteiger partial charge in [0, 0.05) is 12.1 Å². The molecule has 6 nitrogen and oxygen atoms in total. The Hall–Kier alpha value is -2.34. The summed E-state index contributed by atoms with van der Waals surface area (Å²) in [6.45, 7) is 2.58. The van der Waals surface area contributed by atoms with Crippen LogP contribution in [0, 0.1) is 6.92 Å². The Morgan fingerprint density at radius 2 is 1.84 bits per heavy atom. The molecule has 0 spiro atoms. The molecule has 2 aromatic rings. The van der Waals surface area contributed by atoms with Gasteiger partial charge in [0.2, 0.25) is 0 Å². The van der Waals surface area contributed by atoms with Crippen LogP contribution < -0.4 is 21.3 Å². The maximum Gasteiger partial charge on any atom is 0.148 e. The molecule has 2 rings (SSSR count). The first-order valence-electron chi connectivity index (χ1n) is 5.89. The number of nitrogens with zero attached hydrogens (tertiary/aromatic N) is 2. The molecule has 6 heteroatoms. The normalized spacial score (nSPS) is 10.1. The first-order chi connectivity index (χ1) is 9.24. The summed E-state index contributed by atoms with van der Waals surface area (Å²) < 4.78 is 5.12. The molecule has 100 valence electrons. The molecule has 0 aliphatic heterocycles. The van der Waals surface area contributed by atoms with Gasteiger partial charge in [0.15, 0.2) is 0 Å². The Bertz CT molecular complexity index is 541. The average Bonchev–Trinajstić information content (AvgIpc) is 2.47. The van der Waals surface area contributed by atoms with E-state index >= 15 is 0 Å². The summed E-state index contributed by atoms with van der Waals surface area (Å²) in [7, 11) is 1.65. The van der Waals surface area contributed by atoms with E-state index in [0.717, 1.165) is 22.7 Å². The summed E-state index contributed by atoms with van der Waals surface area (Å²) in [4.78, 5) is 8.22. The summed E-state index contributed by atoms with van der Waals surface area (Å²) in [6, 6.07) is 7.86. The van der Waals surface area contributed by atoms with Gasteiger partial charge in [-0.15, -0.1) is 0 Å². The van der Waals surface area contributed by atoms with E-state index in [9.17, 15) is 0 Å². The van der Waals surface area contributed by atoms with Crippen LogP contribution in [0.25, 0.3) is 0 Å². The summed E-state index contributed by atoms with van der Waals surface area (Å²) in [5, 5.41) is 3.25. The van der Waals surface area contributed by atoms with Crippen LogP contribution in [0.3, 0.4) is 0 Å². The van der Waals surface area contributed by atoms with Crippen molar-refractivity contribution >= 4 is 11.6 Å². The van der Waals surface area contributed by atoms with Crippen LogP contribution in [-0.2, 0) is 6.54 Å². The van der Waals surface area contributed by atoms with Crippen molar-refractivity contribution in [3.8, 4) is 5.75 Å². The van der Waals surface area contributed by atoms with E-state index in [1.165, 1.54) is 6.33 Å². The van der Waals surface area contributed by atoms with Gasteiger partial charge >= 0.3 is 0 Å². The number of anilines is 2. The second-order valence-electron chi connectivity index (χ2n) is 4.04. The van der Waals surface area contributed by atoms with E-state index in [1.807, 2.05) is 31.2 Å². The molecular formula is C13H17N5O. The Labute approximate surface area is 112 Å². The molecule has 0 unspecified atom stereocenters. The van der Waals surface area contributed by atoms with Gasteiger partial charge in [0.05, 0.1) is 7.11 Å². The molecule has 1 heterocycles. The Morgan fingerprint density at radius 1 is 1.16 bits per heavy atom. The van der Waals surface area contributed by atoms with Crippen molar-refractivity contribution < 1.29 is 4.74 Å². The SMILES string of the molecule is COc1ccc(CNc2ncnc(NN)c2C)cc1. The molecule has 0 radical (unpaired) electrons. The monoisotopic (exact) mass is 259 g/mol. The second-order valence-corrected chi connectivity index (χ2v) is 4.04. The number of ether oxygens (including phenoxy) is 1. The van der Waals surface area contributed by atoms with E-state index in [0.29, 0.717) is 12.4 Å². The lowest BCUT2D eigenvalue weighted by molar-refractivity contribution is 0.414. The maximum absolute atomic E-state index is 5.38. The van der Waals surface area contributed by atoms with E-state index in [1.54, 1.807) is 7.11 Å². The lowest BCUT2D eigenvalue weighted by atomic mass is 10.2. The molecule has 0 fully saturated rings. The van der Waals surface area contributed by atoms with Crippen molar-refractivity contribution in [3.63, 3.8) is 0 Å². The fourth-order valence-corrected chi connectivity index (χ4v) is 1.70. The van der Waals surface area contributed by atoms with Crippen molar-refractivity contribution in [1.82, 2.24) is 9.97 Å². The number of nitrogen functional groups attached to an aromatic ring is 1. The number of nitrogens with one attached hydrogen (secondary N) is 2. The van der Waals surface area contributed by atoms with E-state index < -0.39 is 0 Å². The first-order valence-corrected chi connectivity index (χ1v) is 5.89. The molecule has 0 aliphatic rings. The van der Waals surface area contributed by atoms with E-state index in [4.69, 9.17) is 10.6 Å². The Kier molecular flexibility index (Phi) is 4.15. The van der Waals surface area contributed by atoms with E-state index in [2.05, 4.69) is 20.7 Å². The molecule has 0 atom stereocenters. The number of benzene rings is 1. The number of methoxy groups -OCH3 is 1. The van der Waals surface area contributed by atoms with Crippen LogP contribution in [0.4, 0.5) is 11.6 Å². The minimum atomic E-state index is 0.618. The molecule has 0 amide bonds. The zero-order valence-electron chi connectivity index (χ0n) is 11.0. The fraction of sp³-hybridized carbons (Fsp3) is 0.231. The van der Waals surface area contributed by atoms with Gasteiger partial charge in [-0.2, -0.15) is 0 Å². The number of hydrogen-bond acceptors (Lipinski definition) is 6. The highest BCUT2D eigenvalue weighted by Gasteiger charge is 2.05.